The maximum Gasteiger partial charge on any atom is 0.240 e. The first-order valence-corrected chi connectivity index (χ1v) is 10.7. The molecule has 1 unspecified atom stereocenters. The fraction of sp³-hybridized carbons (Fsp3) is 0.273. The topological polar surface area (TPSA) is 111 Å². The van der Waals surface area contributed by atoms with Gasteiger partial charge in [-0.2, -0.15) is 5.10 Å². The van der Waals surface area contributed by atoms with E-state index >= 15 is 0 Å². The molecule has 2 aromatic rings. The van der Waals surface area contributed by atoms with E-state index in [4.69, 9.17) is 14.2 Å². The molecule has 1 aliphatic rings. The number of amidine groups is 1. The molecule has 2 N–H and O–H groups in total. The molecule has 32 heavy (non-hydrogen) atoms. The standard InChI is InChI=1S/C22H24N4O5S/c1-4-31-18-10-14(8-9-17(18)30-3)13-23-26-22-25-21(28)19(32-22)12-20(27)24-15-6-5-7-16(11-15)29-2/h5-11,13,19H,4,12H2,1-3H3,(H,24,27)(H,25,26,28)/b23-13+. The number of carbonyl (C=O) groups is 2. The third-order valence-corrected chi connectivity index (χ3v) is 5.42. The minimum atomic E-state index is -0.583. The van der Waals surface area contributed by atoms with Gasteiger partial charge in [0, 0.05) is 18.2 Å². The van der Waals surface area contributed by atoms with Gasteiger partial charge in [0.25, 0.3) is 0 Å². The van der Waals surface area contributed by atoms with E-state index in [1.807, 2.05) is 13.0 Å². The Morgan fingerprint density at radius 2 is 2.03 bits per heavy atom. The van der Waals surface area contributed by atoms with Gasteiger partial charge in [0.05, 0.1) is 27.0 Å². The van der Waals surface area contributed by atoms with E-state index in [9.17, 15) is 9.59 Å². The van der Waals surface area contributed by atoms with Crippen molar-refractivity contribution in [2.45, 2.75) is 18.6 Å². The minimum Gasteiger partial charge on any atom is -0.497 e. The molecular formula is C22H24N4O5S. The lowest BCUT2D eigenvalue weighted by molar-refractivity contribution is -0.122. The van der Waals surface area contributed by atoms with Crippen molar-refractivity contribution >= 4 is 40.6 Å². The van der Waals surface area contributed by atoms with Gasteiger partial charge in [-0.25, -0.2) is 0 Å². The Labute approximate surface area is 190 Å². The summed E-state index contributed by atoms with van der Waals surface area (Å²) in [5.41, 5.74) is 1.37. The van der Waals surface area contributed by atoms with Crippen LogP contribution in [0.25, 0.3) is 0 Å². The fourth-order valence-electron chi connectivity index (χ4n) is 2.86. The van der Waals surface area contributed by atoms with Gasteiger partial charge in [-0.15, -0.1) is 5.10 Å². The van der Waals surface area contributed by atoms with Crippen molar-refractivity contribution in [2.75, 3.05) is 26.1 Å². The normalized spacial score (nSPS) is 16.8. The number of nitrogens with zero attached hydrogens (tertiary/aromatic N) is 2. The number of methoxy groups -OCH3 is 2. The minimum absolute atomic E-state index is 0.00659. The van der Waals surface area contributed by atoms with Crippen molar-refractivity contribution in [3.8, 4) is 17.2 Å². The highest BCUT2D eigenvalue weighted by atomic mass is 32.2. The lowest BCUT2D eigenvalue weighted by atomic mass is 10.2. The quantitative estimate of drug-likeness (QED) is 0.443. The van der Waals surface area contributed by atoms with Gasteiger partial charge in [-0.1, -0.05) is 17.8 Å². The van der Waals surface area contributed by atoms with Crippen LogP contribution in [0.2, 0.25) is 0 Å². The average Bonchev–Trinajstić information content (AvgIpc) is 3.13. The van der Waals surface area contributed by atoms with Crippen LogP contribution in [-0.2, 0) is 9.59 Å². The summed E-state index contributed by atoms with van der Waals surface area (Å²) in [5.74, 6) is 1.31. The molecule has 0 radical (unpaired) electrons. The molecule has 0 aromatic heterocycles. The Morgan fingerprint density at radius 3 is 2.78 bits per heavy atom. The first kappa shape index (κ1) is 23.1. The predicted molar refractivity (Wildman–Crippen MR) is 125 cm³/mol. The van der Waals surface area contributed by atoms with Crippen molar-refractivity contribution < 1.29 is 23.8 Å². The summed E-state index contributed by atoms with van der Waals surface area (Å²) in [7, 11) is 3.13. The molecule has 1 aliphatic heterocycles. The van der Waals surface area contributed by atoms with Crippen LogP contribution in [0.5, 0.6) is 17.2 Å². The molecule has 9 nitrogen and oxygen atoms in total. The molecule has 168 valence electrons. The average molecular weight is 457 g/mol. The molecule has 1 saturated heterocycles. The highest BCUT2D eigenvalue weighted by Crippen LogP contribution is 2.28. The second-order valence-corrected chi connectivity index (χ2v) is 7.76. The molecule has 2 amide bonds. The molecule has 0 aliphatic carbocycles. The second-order valence-electron chi connectivity index (χ2n) is 6.57. The summed E-state index contributed by atoms with van der Waals surface area (Å²) in [4.78, 5) is 24.5. The third kappa shape index (κ3) is 6.24. The van der Waals surface area contributed by atoms with E-state index in [1.165, 1.54) is 0 Å². The van der Waals surface area contributed by atoms with E-state index in [-0.39, 0.29) is 18.2 Å². The number of benzene rings is 2. The Hall–Kier alpha value is -3.53. The Bertz CT molecular complexity index is 1040. The summed E-state index contributed by atoms with van der Waals surface area (Å²) in [6.07, 6.45) is 1.55. The van der Waals surface area contributed by atoms with Crippen molar-refractivity contribution in [3.05, 3.63) is 48.0 Å². The number of hydrogen-bond donors (Lipinski definition) is 2. The molecule has 3 rings (SSSR count). The molecule has 0 saturated carbocycles. The Balaban J connectivity index is 1.57. The van der Waals surface area contributed by atoms with Crippen molar-refractivity contribution in [1.82, 2.24) is 5.32 Å². The van der Waals surface area contributed by atoms with Crippen LogP contribution in [0.1, 0.15) is 18.9 Å². The molecular weight excluding hydrogens is 432 g/mol. The van der Waals surface area contributed by atoms with Crippen LogP contribution < -0.4 is 24.8 Å². The number of thioether (sulfide) groups is 1. The van der Waals surface area contributed by atoms with Crippen molar-refractivity contribution in [1.29, 1.82) is 0 Å². The number of anilines is 1. The van der Waals surface area contributed by atoms with E-state index < -0.39 is 5.25 Å². The summed E-state index contributed by atoms with van der Waals surface area (Å²) in [6.45, 7) is 2.40. The number of carbonyl (C=O) groups excluding carboxylic acids is 2. The SMILES string of the molecule is CCOc1cc(/C=N/N=C2\NC(=O)C(CC(=O)Nc3cccc(OC)c3)S2)ccc1OC. The number of nitrogens with one attached hydrogen (secondary N) is 2. The van der Waals surface area contributed by atoms with E-state index in [1.54, 1.807) is 56.8 Å². The van der Waals surface area contributed by atoms with Crippen molar-refractivity contribution in [3.63, 3.8) is 0 Å². The monoisotopic (exact) mass is 456 g/mol. The van der Waals surface area contributed by atoms with Gasteiger partial charge < -0.3 is 24.8 Å². The van der Waals surface area contributed by atoms with E-state index in [2.05, 4.69) is 20.8 Å². The Kier molecular flexibility index (Phi) is 8.09. The first-order chi connectivity index (χ1) is 15.5. The van der Waals surface area contributed by atoms with Gasteiger partial charge in [0.2, 0.25) is 11.8 Å². The maximum atomic E-state index is 12.3. The largest absolute Gasteiger partial charge is 0.497 e. The van der Waals surface area contributed by atoms with Gasteiger partial charge in [-0.3, -0.25) is 9.59 Å². The first-order valence-electron chi connectivity index (χ1n) is 9.85. The van der Waals surface area contributed by atoms with Crippen LogP contribution in [0.3, 0.4) is 0 Å². The van der Waals surface area contributed by atoms with Gasteiger partial charge in [-0.05, 0) is 42.8 Å². The lowest BCUT2D eigenvalue weighted by Gasteiger charge is -2.09. The third-order valence-electron chi connectivity index (χ3n) is 4.34. The van der Waals surface area contributed by atoms with Crippen LogP contribution in [-0.4, -0.2) is 49.3 Å². The smallest absolute Gasteiger partial charge is 0.240 e. The van der Waals surface area contributed by atoms with Gasteiger partial charge >= 0.3 is 0 Å². The van der Waals surface area contributed by atoms with Gasteiger partial charge in [0.1, 0.15) is 11.0 Å². The number of ether oxygens (including phenoxy) is 3. The van der Waals surface area contributed by atoms with Crippen LogP contribution in [0.4, 0.5) is 5.69 Å². The lowest BCUT2D eigenvalue weighted by Crippen LogP contribution is -2.28. The zero-order valence-corrected chi connectivity index (χ0v) is 18.8. The number of hydrogen-bond acceptors (Lipinski definition) is 8. The van der Waals surface area contributed by atoms with Crippen LogP contribution in [0.15, 0.2) is 52.7 Å². The zero-order chi connectivity index (χ0) is 22.9. The van der Waals surface area contributed by atoms with Crippen LogP contribution in [0, 0.1) is 0 Å². The van der Waals surface area contributed by atoms with Crippen LogP contribution >= 0.6 is 11.8 Å². The second kappa shape index (κ2) is 11.2. The molecule has 0 bridgehead atoms. The van der Waals surface area contributed by atoms with E-state index in [0.717, 1.165) is 17.3 Å². The zero-order valence-electron chi connectivity index (χ0n) is 18.0. The predicted octanol–water partition coefficient (Wildman–Crippen LogP) is 3.05. The van der Waals surface area contributed by atoms with Gasteiger partial charge in [0.15, 0.2) is 16.7 Å². The molecule has 1 atom stereocenters. The molecule has 1 heterocycles. The highest BCUT2D eigenvalue weighted by molar-refractivity contribution is 8.15. The molecule has 10 heteroatoms. The van der Waals surface area contributed by atoms with Crippen molar-refractivity contribution in [2.24, 2.45) is 10.2 Å². The molecule has 0 spiro atoms. The molecule has 2 aromatic carbocycles. The number of rotatable bonds is 9. The van der Waals surface area contributed by atoms with E-state index in [0.29, 0.717) is 34.7 Å². The summed E-state index contributed by atoms with van der Waals surface area (Å²) >= 11 is 1.16. The highest BCUT2D eigenvalue weighted by Gasteiger charge is 2.32. The fourth-order valence-corrected chi connectivity index (χ4v) is 3.78. The number of amides is 2. The summed E-state index contributed by atoms with van der Waals surface area (Å²) < 4.78 is 15.9. The summed E-state index contributed by atoms with van der Waals surface area (Å²) in [6, 6.07) is 12.4. The molecule has 1 fully saturated rings. The maximum absolute atomic E-state index is 12.3. The summed E-state index contributed by atoms with van der Waals surface area (Å²) in [5, 5.41) is 13.2. The Morgan fingerprint density at radius 1 is 1.19 bits per heavy atom.